The van der Waals surface area contributed by atoms with Gasteiger partial charge in [0.25, 0.3) is 5.91 Å². The van der Waals surface area contributed by atoms with Crippen molar-refractivity contribution >= 4 is 11.8 Å². The highest BCUT2D eigenvalue weighted by atomic mass is 16.2. The minimum absolute atomic E-state index is 0.0406. The van der Waals surface area contributed by atoms with Crippen molar-refractivity contribution in [3.63, 3.8) is 0 Å². The van der Waals surface area contributed by atoms with E-state index in [1.165, 1.54) is 32.1 Å². The Balaban J connectivity index is 1.40. The van der Waals surface area contributed by atoms with Crippen LogP contribution in [0.5, 0.6) is 0 Å². The molecule has 3 aliphatic heterocycles. The second-order valence-corrected chi connectivity index (χ2v) is 10.2. The average molecular weight is 420 g/mol. The summed E-state index contributed by atoms with van der Waals surface area (Å²) in [5.41, 5.74) is 1.14. The number of hydrogen-bond acceptors (Lipinski definition) is 3. The Labute approximate surface area is 185 Å². The number of fused-ring (bicyclic) bond motifs is 4. The van der Waals surface area contributed by atoms with Crippen LogP contribution in [0, 0.1) is 29.1 Å². The van der Waals surface area contributed by atoms with Gasteiger partial charge in [-0.05, 0) is 61.6 Å². The van der Waals surface area contributed by atoms with E-state index in [9.17, 15) is 14.9 Å². The molecule has 0 radical (unpaired) electrons. The molecule has 5 rings (SSSR count). The van der Waals surface area contributed by atoms with Crippen LogP contribution in [0.25, 0.3) is 0 Å². The molecule has 0 N–H and O–H groups in total. The standard InChI is InChI=1S/C26H33N3O2/c27-15-19-8-4-9-20(12-19)26(31)28-16-21-14-22(17-28)24(13-18-6-2-1-3-7-18)29-23(21)10-5-11-25(29)30/h4,8-9,12,18,21-24H,1-3,5-7,10-11,13-14,16-17H2/t21-,22+,23+,24+/m1/s1. The first-order valence-electron chi connectivity index (χ1n) is 12.2. The Hall–Kier alpha value is -2.35. The molecule has 1 saturated carbocycles. The Bertz CT molecular complexity index is 885. The van der Waals surface area contributed by atoms with Gasteiger partial charge < -0.3 is 9.80 Å². The van der Waals surface area contributed by atoms with Crippen molar-refractivity contribution in [3.8, 4) is 6.07 Å². The molecule has 0 unspecified atom stereocenters. The number of nitrogens with zero attached hydrogens (tertiary/aromatic N) is 3. The molecule has 1 aromatic rings. The summed E-state index contributed by atoms with van der Waals surface area (Å²) in [6.07, 6.45) is 11.6. The number of piperidine rings is 3. The second-order valence-electron chi connectivity index (χ2n) is 10.2. The molecule has 5 nitrogen and oxygen atoms in total. The van der Waals surface area contributed by atoms with E-state index in [0.717, 1.165) is 44.7 Å². The van der Waals surface area contributed by atoms with Crippen molar-refractivity contribution in [1.29, 1.82) is 5.26 Å². The number of amides is 2. The van der Waals surface area contributed by atoms with Crippen molar-refractivity contribution in [3.05, 3.63) is 35.4 Å². The van der Waals surface area contributed by atoms with Crippen molar-refractivity contribution < 1.29 is 9.59 Å². The second kappa shape index (κ2) is 8.65. The largest absolute Gasteiger partial charge is 0.338 e. The van der Waals surface area contributed by atoms with Gasteiger partial charge in [0.05, 0.1) is 11.6 Å². The zero-order chi connectivity index (χ0) is 21.4. The molecule has 1 aromatic carbocycles. The molecule has 2 bridgehead atoms. The van der Waals surface area contributed by atoms with Gasteiger partial charge in [0, 0.05) is 37.2 Å². The molecule has 3 saturated heterocycles. The smallest absolute Gasteiger partial charge is 0.253 e. The zero-order valence-corrected chi connectivity index (χ0v) is 18.3. The van der Waals surface area contributed by atoms with Gasteiger partial charge in [0.2, 0.25) is 5.91 Å². The lowest BCUT2D eigenvalue weighted by Crippen LogP contribution is -2.65. The van der Waals surface area contributed by atoms with Crippen LogP contribution >= 0.6 is 0 Å². The molecule has 4 aliphatic rings. The average Bonchev–Trinajstić information content (AvgIpc) is 2.82. The Morgan fingerprint density at radius 3 is 2.68 bits per heavy atom. The summed E-state index contributed by atoms with van der Waals surface area (Å²) < 4.78 is 0. The normalized spacial score (nSPS) is 31.1. The molecule has 31 heavy (non-hydrogen) atoms. The van der Waals surface area contributed by atoms with Crippen molar-refractivity contribution in [2.45, 2.75) is 76.3 Å². The lowest BCUT2D eigenvalue weighted by Gasteiger charge is -2.57. The van der Waals surface area contributed by atoms with Crippen LogP contribution in [0.4, 0.5) is 0 Å². The Kier molecular flexibility index (Phi) is 5.73. The number of carbonyl (C=O) groups excluding carboxylic acids is 2. The minimum Gasteiger partial charge on any atom is -0.338 e. The molecule has 4 fully saturated rings. The van der Waals surface area contributed by atoms with Crippen molar-refractivity contribution in [1.82, 2.24) is 9.80 Å². The molecular formula is C26H33N3O2. The van der Waals surface area contributed by atoms with E-state index in [4.69, 9.17) is 0 Å². The van der Waals surface area contributed by atoms with Gasteiger partial charge in [-0.3, -0.25) is 9.59 Å². The first-order valence-corrected chi connectivity index (χ1v) is 12.2. The summed E-state index contributed by atoms with van der Waals surface area (Å²) in [5, 5.41) is 9.22. The fourth-order valence-electron chi connectivity index (χ4n) is 6.91. The van der Waals surface area contributed by atoms with Crippen molar-refractivity contribution in [2.75, 3.05) is 13.1 Å². The summed E-state index contributed by atoms with van der Waals surface area (Å²) in [6, 6.07) is 9.81. The third-order valence-electron chi connectivity index (χ3n) is 8.32. The molecule has 0 spiro atoms. The first kappa shape index (κ1) is 20.5. The van der Waals surface area contributed by atoms with E-state index in [0.29, 0.717) is 41.3 Å². The third kappa shape index (κ3) is 3.97. The lowest BCUT2D eigenvalue weighted by molar-refractivity contribution is -0.153. The van der Waals surface area contributed by atoms with Crippen molar-refractivity contribution in [2.24, 2.45) is 17.8 Å². The Morgan fingerprint density at radius 2 is 1.87 bits per heavy atom. The molecule has 3 heterocycles. The molecule has 164 valence electrons. The molecule has 1 aliphatic carbocycles. The molecular weight excluding hydrogens is 386 g/mol. The van der Waals surface area contributed by atoms with Crippen LogP contribution in [-0.4, -0.2) is 46.8 Å². The maximum atomic E-state index is 13.4. The van der Waals surface area contributed by atoms with Gasteiger partial charge in [0.1, 0.15) is 0 Å². The lowest BCUT2D eigenvalue weighted by atomic mass is 9.69. The van der Waals surface area contributed by atoms with Gasteiger partial charge in [0.15, 0.2) is 0 Å². The van der Waals surface area contributed by atoms with E-state index in [1.807, 2.05) is 11.0 Å². The molecule has 0 aromatic heterocycles. The zero-order valence-electron chi connectivity index (χ0n) is 18.3. The number of carbonyl (C=O) groups is 2. The van der Waals surface area contributed by atoms with Crippen LogP contribution in [0.1, 0.15) is 80.1 Å². The molecule has 2 amide bonds. The highest BCUT2D eigenvalue weighted by Crippen LogP contribution is 2.44. The van der Waals surface area contributed by atoms with Crippen LogP contribution in [0.3, 0.4) is 0 Å². The third-order valence-corrected chi connectivity index (χ3v) is 8.32. The number of rotatable bonds is 3. The fraction of sp³-hybridized carbons (Fsp3) is 0.654. The van der Waals surface area contributed by atoms with E-state index >= 15 is 0 Å². The minimum atomic E-state index is 0.0406. The van der Waals surface area contributed by atoms with Crippen LogP contribution in [0.2, 0.25) is 0 Å². The summed E-state index contributed by atoms with van der Waals surface area (Å²) >= 11 is 0. The van der Waals surface area contributed by atoms with Gasteiger partial charge >= 0.3 is 0 Å². The maximum absolute atomic E-state index is 13.4. The summed E-state index contributed by atoms with van der Waals surface area (Å²) in [7, 11) is 0. The number of likely N-dealkylation sites (tertiary alicyclic amines) is 1. The van der Waals surface area contributed by atoms with E-state index in [2.05, 4.69) is 11.0 Å². The predicted molar refractivity (Wildman–Crippen MR) is 118 cm³/mol. The van der Waals surface area contributed by atoms with Crippen LogP contribution < -0.4 is 0 Å². The summed E-state index contributed by atoms with van der Waals surface area (Å²) in [4.78, 5) is 30.7. The van der Waals surface area contributed by atoms with Gasteiger partial charge in [-0.1, -0.05) is 38.2 Å². The highest BCUT2D eigenvalue weighted by molar-refractivity contribution is 5.94. The Morgan fingerprint density at radius 1 is 1.06 bits per heavy atom. The van der Waals surface area contributed by atoms with Gasteiger partial charge in [-0.25, -0.2) is 0 Å². The van der Waals surface area contributed by atoms with E-state index in [1.54, 1.807) is 18.2 Å². The fourth-order valence-corrected chi connectivity index (χ4v) is 6.91. The maximum Gasteiger partial charge on any atom is 0.253 e. The topological polar surface area (TPSA) is 64.4 Å². The van der Waals surface area contributed by atoms with E-state index < -0.39 is 0 Å². The summed E-state index contributed by atoms with van der Waals surface area (Å²) in [5.74, 6) is 1.88. The highest BCUT2D eigenvalue weighted by Gasteiger charge is 2.50. The quantitative estimate of drug-likeness (QED) is 0.731. The van der Waals surface area contributed by atoms with Gasteiger partial charge in [-0.2, -0.15) is 5.26 Å². The number of hydrogen-bond donors (Lipinski definition) is 0. The predicted octanol–water partition coefficient (Wildman–Crippen LogP) is 4.37. The van der Waals surface area contributed by atoms with Gasteiger partial charge in [-0.15, -0.1) is 0 Å². The summed E-state index contributed by atoms with van der Waals surface area (Å²) in [6.45, 7) is 1.47. The van der Waals surface area contributed by atoms with E-state index in [-0.39, 0.29) is 11.9 Å². The first-order chi connectivity index (χ1) is 15.1. The van der Waals surface area contributed by atoms with Crippen LogP contribution in [0.15, 0.2) is 24.3 Å². The number of benzene rings is 1. The van der Waals surface area contributed by atoms with Crippen LogP contribution in [-0.2, 0) is 4.79 Å². The molecule has 5 heteroatoms. The SMILES string of the molecule is N#Cc1cccc(C(=O)N2C[C@H]3C[C@@H](C2)[C@H](CC2CCCCC2)N2C(=O)CCC[C@@H]32)c1. The molecule has 4 atom stereocenters. The number of nitriles is 1. The monoisotopic (exact) mass is 419 g/mol.